The maximum atomic E-state index is 6.25. The first-order valence-electron chi connectivity index (χ1n) is 8.01. The van der Waals surface area contributed by atoms with Crippen molar-refractivity contribution in [3.8, 4) is 5.75 Å². The molecule has 4 heteroatoms. The van der Waals surface area contributed by atoms with Gasteiger partial charge in [0.05, 0.1) is 12.6 Å². The van der Waals surface area contributed by atoms with Gasteiger partial charge in [0.1, 0.15) is 5.75 Å². The summed E-state index contributed by atoms with van der Waals surface area (Å²) in [4.78, 5) is 0. The molecule has 0 saturated heterocycles. The van der Waals surface area contributed by atoms with Crippen LogP contribution in [0.4, 0.5) is 0 Å². The molecule has 122 valence electrons. The fourth-order valence-electron chi connectivity index (χ4n) is 2.26. The minimum absolute atomic E-state index is 0.278. The predicted octanol–water partition coefficient (Wildman–Crippen LogP) is 5.06. The summed E-state index contributed by atoms with van der Waals surface area (Å²) in [5, 5.41) is 1.53. The first-order chi connectivity index (χ1) is 10.2. The Bertz CT molecular complexity index is 626. The van der Waals surface area contributed by atoms with Gasteiger partial charge in [-0.05, 0) is 48.1 Å². The lowest BCUT2D eigenvalue weighted by Crippen LogP contribution is -2.41. The first-order valence-corrected chi connectivity index (χ1v) is 10.9. The molecule has 0 aliphatic rings. The van der Waals surface area contributed by atoms with Crippen LogP contribution in [0.15, 0.2) is 30.5 Å². The molecule has 0 spiro atoms. The minimum atomic E-state index is -1.62. The average Bonchev–Trinajstić information content (AvgIpc) is 2.84. The summed E-state index contributed by atoms with van der Waals surface area (Å²) in [6.45, 7) is 13.3. The molecule has 0 bridgehead atoms. The van der Waals surface area contributed by atoms with E-state index < -0.39 is 8.32 Å². The summed E-state index contributed by atoms with van der Waals surface area (Å²) in [5.41, 5.74) is 1.23. The number of hydrogen-bond acceptors (Lipinski definition) is 2. The van der Waals surface area contributed by atoms with Crippen LogP contribution in [0.5, 0.6) is 5.75 Å². The molecule has 1 heterocycles. The SMILES string of the molecule is COc1ccc2ccn(CCCO[Si](C)(C)C(C)(C)C)c2c1. The number of aryl methyl sites for hydroxylation is 1. The maximum absolute atomic E-state index is 6.25. The minimum Gasteiger partial charge on any atom is -0.497 e. The van der Waals surface area contributed by atoms with Gasteiger partial charge in [0, 0.05) is 25.4 Å². The van der Waals surface area contributed by atoms with E-state index in [0.29, 0.717) is 0 Å². The number of hydrogen-bond donors (Lipinski definition) is 0. The average molecular weight is 320 g/mol. The van der Waals surface area contributed by atoms with E-state index in [-0.39, 0.29) is 5.04 Å². The van der Waals surface area contributed by atoms with E-state index in [1.165, 1.54) is 10.9 Å². The molecule has 0 saturated carbocycles. The third-order valence-electron chi connectivity index (χ3n) is 4.79. The molecule has 0 radical (unpaired) electrons. The number of ether oxygens (including phenoxy) is 1. The molecule has 2 aromatic rings. The number of nitrogens with zero attached hydrogens (tertiary/aromatic N) is 1. The van der Waals surface area contributed by atoms with Crippen molar-refractivity contribution in [3.63, 3.8) is 0 Å². The van der Waals surface area contributed by atoms with E-state index in [1.807, 2.05) is 6.07 Å². The summed E-state index contributed by atoms with van der Waals surface area (Å²) >= 11 is 0. The Morgan fingerprint density at radius 3 is 2.50 bits per heavy atom. The molecule has 0 atom stereocenters. The second-order valence-corrected chi connectivity index (χ2v) is 12.2. The molecule has 0 aliphatic heterocycles. The molecule has 1 aromatic carbocycles. The molecule has 2 rings (SSSR count). The van der Waals surface area contributed by atoms with Gasteiger partial charge in [-0.3, -0.25) is 0 Å². The highest BCUT2D eigenvalue weighted by Crippen LogP contribution is 2.36. The van der Waals surface area contributed by atoms with Gasteiger partial charge in [0.2, 0.25) is 0 Å². The Balaban J connectivity index is 1.95. The van der Waals surface area contributed by atoms with E-state index >= 15 is 0 Å². The summed E-state index contributed by atoms with van der Waals surface area (Å²) in [5.74, 6) is 0.907. The zero-order chi connectivity index (χ0) is 16.4. The number of aromatic nitrogens is 1. The van der Waals surface area contributed by atoms with Crippen LogP contribution >= 0.6 is 0 Å². The molecule has 3 nitrogen and oxygen atoms in total. The first kappa shape index (κ1) is 17.1. The van der Waals surface area contributed by atoms with E-state index in [9.17, 15) is 0 Å². The lowest BCUT2D eigenvalue weighted by atomic mass is 10.2. The standard InChI is InChI=1S/C18H29NO2Si/c1-18(2,3)22(5,6)21-13-7-11-19-12-10-15-8-9-16(20-4)14-17(15)19/h8-10,12,14H,7,11,13H2,1-6H3. The van der Waals surface area contributed by atoms with Gasteiger partial charge < -0.3 is 13.7 Å². The van der Waals surface area contributed by atoms with Crippen LogP contribution < -0.4 is 4.74 Å². The molecular weight excluding hydrogens is 290 g/mol. The highest BCUT2D eigenvalue weighted by atomic mass is 28.4. The van der Waals surface area contributed by atoms with Crippen molar-refractivity contribution >= 4 is 19.2 Å². The van der Waals surface area contributed by atoms with Gasteiger partial charge in [0.25, 0.3) is 0 Å². The van der Waals surface area contributed by atoms with Crippen LogP contribution in [0, 0.1) is 0 Å². The van der Waals surface area contributed by atoms with E-state index in [0.717, 1.165) is 25.3 Å². The number of rotatable bonds is 6. The van der Waals surface area contributed by atoms with Gasteiger partial charge >= 0.3 is 0 Å². The Morgan fingerprint density at radius 1 is 1.14 bits per heavy atom. The van der Waals surface area contributed by atoms with E-state index in [2.05, 4.69) is 62.8 Å². The summed E-state index contributed by atoms with van der Waals surface area (Å²) < 4.78 is 13.9. The summed E-state index contributed by atoms with van der Waals surface area (Å²) in [6, 6.07) is 8.37. The number of benzene rings is 1. The molecule has 0 fully saturated rings. The Kier molecular flexibility index (Phi) is 5.02. The lowest BCUT2D eigenvalue weighted by molar-refractivity contribution is 0.276. The van der Waals surface area contributed by atoms with E-state index in [4.69, 9.17) is 9.16 Å². The Labute approximate surface area is 135 Å². The van der Waals surface area contributed by atoms with Crippen LogP contribution in [-0.2, 0) is 11.0 Å². The smallest absolute Gasteiger partial charge is 0.191 e. The fraction of sp³-hybridized carbons (Fsp3) is 0.556. The van der Waals surface area contributed by atoms with Gasteiger partial charge in [-0.25, -0.2) is 0 Å². The van der Waals surface area contributed by atoms with Crippen molar-refractivity contribution in [3.05, 3.63) is 30.5 Å². The van der Waals surface area contributed by atoms with E-state index in [1.54, 1.807) is 7.11 Å². The summed E-state index contributed by atoms with van der Waals surface area (Å²) in [6.07, 6.45) is 3.18. The molecular formula is C18H29NO2Si. The van der Waals surface area contributed by atoms with Crippen molar-refractivity contribution < 1.29 is 9.16 Å². The van der Waals surface area contributed by atoms with Crippen LogP contribution in [0.2, 0.25) is 18.1 Å². The van der Waals surface area contributed by atoms with Gasteiger partial charge in [-0.15, -0.1) is 0 Å². The molecule has 0 unspecified atom stereocenters. The number of fused-ring (bicyclic) bond motifs is 1. The van der Waals surface area contributed by atoms with Crippen LogP contribution in [0.25, 0.3) is 10.9 Å². The topological polar surface area (TPSA) is 23.4 Å². The molecule has 1 aromatic heterocycles. The second kappa shape index (κ2) is 6.47. The zero-order valence-electron chi connectivity index (χ0n) is 14.8. The Hall–Kier alpha value is -1.26. The largest absolute Gasteiger partial charge is 0.497 e. The maximum Gasteiger partial charge on any atom is 0.191 e. The third-order valence-corrected chi connectivity index (χ3v) is 9.33. The third kappa shape index (κ3) is 3.73. The van der Waals surface area contributed by atoms with Crippen molar-refractivity contribution in [1.82, 2.24) is 4.57 Å². The second-order valence-electron chi connectivity index (χ2n) is 7.40. The van der Waals surface area contributed by atoms with Gasteiger partial charge in [-0.1, -0.05) is 20.8 Å². The van der Waals surface area contributed by atoms with Gasteiger partial charge in [0.15, 0.2) is 8.32 Å². The normalized spacial score (nSPS) is 12.8. The van der Waals surface area contributed by atoms with Crippen LogP contribution in [0.1, 0.15) is 27.2 Å². The highest BCUT2D eigenvalue weighted by molar-refractivity contribution is 6.74. The Morgan fingerprint density at radius 2 is 1.86 bits per heavy atom. The van der Waals surface area contributed by atoms with Crippen molar-refractivity contribution in [1.29, 1.82) is 0 Å². The van der Waals surface area contributed by atoms with Crippen LogP contribution in [-0.4, -0.2) is 26.6 Å². The van der Waals surface area contributed by atoms with Gasteiger partial charge in [-0.2, -0.15) is 0 Å². The van der Waals surface area contributed by atoms with Crippen molar-refractivity contribution in [2.45, 2.75) is 51.9 Å². The molecule has 0 aliphatic carbocycles. The fourth-order valence-corrected chi connectivity index (χ4v) is 3.35. The molecule has 0 amide bonds. The number of methoxy groups -OCH3 is 1. The molecule has 22 heavy (non-hydrogen) atoms. The zero-order valence-corrected chi connectivity index (χ0v) is 15.8. The van der Waals surface area contributed by atoms with Crippen molar-refractivity contribution in [2.75, 3.05) is 13.7 Å². The van der Waals surface area contributed by atoms with Crippen molar-refractivity contribution in [2.24, 2.45) is 0 Å². The quantitative estimate of drug-likeness (QED) is 0.548. The summed E-state index contributed by atoms with van der Waals surface area (Å²) in [7, 11) is 0.0852. The lowest BCUT2D eigenvalue weighted by Gasteiger charge is -2.36. The monoisotopic (exact) mass is 319 g/mol. The van der Waals surface area contributed by atoms with Crippen LogP contribution in [0.3, 0.4) is 0 Å². The predicted molar refractivity (Wildman–Crippen MR) is 96.3 cm³/mol. The molecule has 0 N–H and O–H groups in total. The highest BCUT2D eigenvalue weighted by Gasteiger charge is 2.36.